The normalized spacial score (nSPS) is 10.7. The van der Waals surface area contributed by atoms with Crippen LogP contribution in [0, 0.1) is 0 Å². The molecule has 0 aromatic carbocycles. The number of pyridine rings is 2. The monoisotopic (exact) mass is 334 g/mol. The highest BCUT2D eigenvalue weighted by atomic mass is 33.1. The van der Waals surface area contributed by atoms with E-state index in [4.69, 9.17) is 0 Å². The molecule has 0 amide bonds. The first kappa shape index (κ1) is 17.3. The molecule has 2 heterocycles. The summed E-state index contributed by atoms with van der Waals surface area (Å²) in [5.74, 6) is 2.22. The van der Waals surface area contributed by atoms with Gasteiger partial charge in [0.15, 0.2) is 0 Å². The highest BCUT2D eigenvalue weighted by Crippen LogP contribution is 2.19. The van der Waals surface area contributed by atoms with Crippen molar-refractivity contribution >= 4 is 21.6 Å². The summed E-state index contributed by atoms with van der Waals surface area (Å²) in [4.78, 5) is 8.57. The van der Waals surface area contributed by atoms with Gasteiger partial charge in [-0.25, -0.2) is 0 Å². The number of aromatic nitrogens is 2. The molecule has 6 heteroatoms. The van der Waals surface area contributed by atoms with E-state index in [-0.39, 0.29) is 0 Å². The van der Waals surface area contributed by atoms with Crippen LogP contribution in [0.4, 0.5) is 0 Å². The van der Waals surface area contributed by atoms with Crippen molar-refractivity contribution in [2.24, 2.45) is 0 Å². The van der Waals surface area contributed by atoms with Crippen molar-refractivity contribution in [3.63, 3.8) is 0 Å². The van der Waals surface area contributed by atoms with Crippen molar-refractivity contribution in [2.45, 2.75) is 13.1 Å². The van der Waals surface area contributed by atoms with Gasteiger partial charge in [-0.05, 0) is 24.3 Å². The highest BCUT2D eigenvalue weighted by molar-refractivity contribution is 8.76. The first-order valence-corrected chi connectivity index (χ1v) is 9.89. The minimum atomic E-state index is 0.845. The van der Waals surface area contributed by atoms with E-state index in [0.29, 0.717) is 0 Å². The Kier molecular flexibility index (Phi) is 9.02. The summed E-state index contributed by atoms with van der Waals surface area (Å²) in [5.41, 5.74) is 2.19. The van der Waals surface area contributed by atoms with Crippen molar-refractivity contribution in [3.05, 3.63) is 60.2 Å². The van der Waals surface area contributed by atoms with E-state index in [0.717, 1.165) is 49.1 Å². The summed E-state index contributed by atoms with van der Waals surface area (Å²) < 4.78 is 0. The molecule has 0 aliphatic heterocycles. The number of nitrogens with zero attached hydrogens (tertiary/aromatic N) is 2. The van der Waals surface area contributed by atoms with Crippen LogP contribution in [0.2, 0.25) is 0 Å². The molecule has 0 unspecified atom stereocenters. The Bertz CT molecular complexity index is 449. The molecular weight excluding hydrogens is 312 g/mol. The minimum absolute atomic E-state index is 0.845. The Labute approximate surface area is 140 Å². The average molecular weight is 335 g/mol. The van der Waals surface area contributed by atoms with Crippen LogP contribution >= 0.6 is 21.6 Å². The molecule has 0 saturated heterocycles. The van der Waals surface area contributed by atoms with E-state index in [9.17, 15) is 0 Å². The third-order valence-electron chi connectivity index (χ3n) is 2.87. The summed E-state index contributed by atoms with van der Waals surface area (Å²) in [6, 6.07) is 12.0. The summed E-state index contributed by atoms with van der Waals surface area (Å²) >= 11 is 0. The van der Waals surface area contributed by atoms with Gasteiger partial charge >= 0.3 is 0 Å². The molecule has 0 radical (unpaired) electrons. The largest absolute Gasteiger partial charge is 0.310 e. The molecule has 0 fully saturated rings. The molecule has 2 N–H and O–H groups in total. The predicted octanol–water partition coefficient (Wildman–Crippen LogP) is 2.74. The van der Waals surface area contributed by atoms with E-state index in [2.05, 4.69) is 20.6 Å². The van der Waals surface area contributed by atoms with E-state index in [1.54, 1.807) is 0 Å². The fourth-order valence-electron chi connectivity index (χ4n) is 1.78. The topological polar surface area (TPSA) is 49.8 Å². The zero-order valence-electron chi connectivity index (χ0n) is 12.6. The van der Waals surface area contributed by atoms with E-state index >= 15 is 0 Å². The van der Waals surface area contributed by atoms with Crippen molar-refractivity contribution in [2.75, 3.05) is 24.6 Å². The zero-order valence-corrected chi connectivity index (χ0v) is 14.2. The molecular formula is C16H22N4S2. The molecule has 0 aliphatic rings. The summed E-state index contributed by atoms with van der Waals surface area (Å²) in [5, 5.41) is 6.81. The van der Waals surface area contributed by atoms with Gasteiger partial charge in [-0.3, -0.25) is 9.97 Å². The van der Waals surface area contributed by atoms with Gasteiger partial charge in [-0.2, -0.15) is 0 Å². The van der Waals surface area contributed by atoms with Crippen LogP contribution in [0.5, 0.6) is 0 Å². The van der Waals surface area contributed by atoms with Gasteiger partial charge in [0.1, 0.15) is 0 Å². The Morgan fingerprint density at radius 1 is 0.727 bits per heavy atom. The maximum atomic E-state index is 4.28. The summed E-state index contributed by atoms with van der Waals surface area (Å²) in [7, 11) is 3.83. The number of hydrogen-bond donors (Lipinski definition) is 2. The summed E-state index contributed by atoms with van der Waals surface area (Å²) in [6.07, 6.45) is 3.67. The van der Waals surface area contributed by atoms with E-state index in [1.807, 2.05) is 70.4 Å². The lowest BCUT2D eigenvalue weighted by molar-refractivity contribution is 0.715. The van der Waals surface area contributed by atoms with Gasteiger partial charge in [-0.15, -0.1) is 0 Å². The van der Waals surface area contributed by atoms with Crippen molar-refractivity contribution < 1.29 is 0 Å². The number of rotatable bonds is 11. The van der Waals surface area contributed by atoms with Gasteiger partial charge < -0.3 is 10.6 Å². The maximum Gasteiger partial charge on any atom is 0.0541 e. The Hall–Kier alpha value is -1.08. The van der Waals surface area contributed by atoms with Crippen molar-refractivity contribution in [1.29, 1.82) is 0 Å². The average Bonchev–Trinajstić information content (AvgIpc) is 2.58. The lowest BCUT2D eigenvalue weighted by atomic mass is 10.3. The molecule has 2 rings (SSSR count). The first-order valence-electron chi connectivity index (χ1n) is 7.41. The quantitative estimate of drug-likeness (QED) is 0.487. The summed E-state index contributed by atoms with van der Waals surface area (Å²) in [6.45, 7) is 3.71. The molecule has 118 valence electrons. The Morgan fingerprint density at radius 2 is 1.23 bits per heavy atom. The molecule has 0 saturated carbocycles. The third kappa shape index (κ3) is 7.79. The number of hydrogen-bond acceptors (Lipinski definition) is 6. The second-order valence-electron chi connectivity index (χ2n) is 4.64. The third-order valence-corrected chi connectivity index (χ3v) is 5.28. The zero-order chi connectivity index (χ0) is 15.3. The molecule has 2 aromatic rings. The van der Waals surface area contributed by atoms with Gasteiger partial charge in [0.25, 0.3) is 0 Å². The smallest absolute Gasteiger partial charge is 0.0541 e. The first-order chi connectivity index (χ1) is 10.9. The van der Waals surface area contributed by atoms with E-state index in [1.165, 1.54) is 0 Å². The SMILES string of the molecule is c1ccc(CNCCSSCCNCc2ccccn2)nc1. The predicted molar refractivity (Wildman–Crippen MR) is 96.8 cm³/mol. The molecule has 2 aromatic heterocycles. The lowest BCUT2D eigenvalue weighted by Crippen LogP contribution is -2.18. The van der Waals surface area contributed by atoms with Crippen LogP contribution in [0.15, 0.2) is 48.8 Å². The minimum Gasteiger partial charge on any atom is -0.310 e. The van der Waals surface area contributed by atoms with Gasteiger partial charge in [0.2, 0.25) is 0 Å². The van der Waals surface area contributed by atoms with Crippen LogP contribution < -0.4 is 10.6 Å². The fourth-order valence-corrected chi connectivity index (χ4v) is 3.68. The van der Waals surface area contributed by atoms with Gasteiger partial charge in [-0.1, -0.05) is 33.7 Å². The fraction of sp³-hybridized carbons (Fsp3) is 0.375. The van der Waals surface area contributed by atoms with Crippen LogP contribution in [0.25, 0.3) is 0 Å². The van der Waals surface area contributed by atoms with Crippen LogP contribution in [-0.2, 0) is 13.1 Å². The number of nitrogens with one attached hydrogen (secondary N) is 2. The molecule has 0 atom stereocenters. The maximum absolute atomic E-state index is 4.28. The van der Waals surface area contributed by atoms with E-state index < -0.39 is 0 Å². The van der Waals surface area contributed by atoms with Crippen LogP contribution in [-0.4, -0.2) is 34.6 Å². The van der Waals surface area contributed by atoms with Crippen LogP contribution in [0.3, 0.4) is 0 Å². The lowest BCUT2D eigenvalue weighted by Gasteiger charge is -2.05. The second-order valence-corrected chi connectivity index (χ2v) is 7.34. The molecule has 0 spiro atoms. The van der Waals surface area contributed by atoms with Crippen molar-refractivity contribution in [3.8, 4) is 0 Å². The molecule has 22 heavy (non-hydrogen) atoms. The second kappa shape index (κ2) is 11.5. The highest BCUT2D eigenvalue weighted by Gasteiger charge is 1.95. The van der Waals surface area contributed by atoms with Crippen LogP contribution in [0.1, 0.15) is 11.4 Å². The standard InChI is InChI=1S/C16H22N4S2/c1-3-7-19-15(5-1)13-17-9-11-21-22-12-10-18-14-16-6-2-4-8-20-16/h1-8,17-18H,9-14H2. The molecule has 4 nitrogen and oxygen atoms in total. The molecule has 0 bridgehead atoms. The molecule has 0 aliphatic carbocycles. The Morgan fingerprint density at radius 3 is 1.64 bits per heavy atom. The van der Waals surface area contributed by atoms with Crippen molar-refractivity contribution in [1.82, 2.24) is 20.6 Å². The van der Waals surface area contributed by atoms with Gasteiger partial charge in [0.05, 0.1) is 11.4 Å². The Balaban J connectivity index is 1.37. The van der Waals surface area contributed by atoms with Gasteiger partial charge in [0, 0.05) is 50.1 Å².